The van der Waals surface area contributed by atoms with Gasteiger partial charge in [-0.15, -0.1) is 0 Å². The molecule has 3 N–H and O–H groups in total. The average molecular weight is 446 g/mol. The first-order chi connectivity index (χ1) is 14.8. The van der Waals surface area contributed by atoms with Crippen molar-refractivity contribution >= 4 is 17.9 Å². The molecule has 0 aliphatic rings. The molecule has 0 aliphatic carbocycles. The molecule has 8 heteroatoms. The third kappa shape index (κ3) is 14.1. The van der Waals surface area contributed by atoms with Gasteiger partial charge in [-0.25, -0.2) is 0 Å². The van der Waals surface area contributed by atoms with E-state index in [0.29, 0.717) is 13.0 Å². The van der Waals surface area contributed by atoms with Crippen molar-refractivity contribution in [2.45, 2.75) is 90.9 Å². The van der Waals surface area contributed by atoms with Gasteiger partial charge < -0.3 is 25.0 Å². The lowest BCUT2D eigenvalue weighted by Crippen LogP contribution is -2.41. The molecule has 8 nitrogen and oxygen atoms in total. The zero-order chi connectivity index (χ0) is 23.5. The summed E-state index contributed by atoms with van der Waals surface area (Å²) in [7, 11) is 0. The van der Waals surface area contributed by atoms with Gasteiger partial charge >= 0.3 is 17.9 Å². The highest BCUT2D eigenvalue weighted by Gasteiger charge is 2.43. The Morgan fingerprint density at radius 3 is 1.74 bits per heavy atom. The number of hydrogen-bond donors (Lipinski definition) is 3. The summed E-state index contributed by atoms with van der Waals surface area (Å²) in [5.41, 5.74) is -2.13. The molecule has 0 spiro atoms. The monoisotopic (exact) mass is 445 g/mol. The zero-order valence-corrected chi connectivity index (χ0v) is 19.4. The summed E-state index contributed by atoms with van der Waals surface area (Å²) in [6.07, 6.45) is 12.6. The third-order valence-electron chi connectivity index (χ3n) is 5.57. The summed E-state index contributed by atoms with van der Waals surface area (Å²) in [5.74, 6) is -3.65. The molecule has 0 radical (unpaired) electrons. The van der Waals surface area contributed by atoms with Crippen LogP contribution in [0.5, 0.6) is 0 Å². The Morgan fingerprint density at radius 1 is 0.774 bits per heavy atom. The van der Waals surface area contributed by atoms with E-state index in [9.17, 15) is 19.5 Å². The highest BCUT2D eigenvalue weighted by molar-refractivity contribution is 5.98. The standard InChI is InChI=1S/C23H43NO7/c1-3-4-5-6-7-8-9-12-15-24(17-18-25)16-13-10-11-14-20(26)31-19-23(2,21(27)28)22(29)30/h25H,3-19H2,1-2H3,(H,27,28)(H,29,30). The van der Waals surface area contributed by atoms with E-state index in [4.69, 9.17) is 14.9 Å². The molecule has 0 bridgehead atoms. The first-order valence-corrected chi connectivity index (χ1v) is 11.7. The fourth-order valence-electron chi connectivity index (χ4n) is 3.24. The molecular weight excluding hydrogens is 402 g/mol. The van der Waals surface area contributed by atoms with Crippen LogP contribution in [-0.4, -0.2) is 71.0 Å². The summed E-state index contributed by atoms with van der Waals surface area (Å²) < 4.78 is 4.86. The van der Waals surface area contributed by atoms with Gasteiger partial charge in [0, 0.05) is 13.0 Å². The second kappa shape index (κ2) is 18.0. The number of aliphatic hydroxyl groups excluding tert-OH is 1. The van der Waals surface area contributed by atoms with Crippen LogP contribution in [0.1, 0.15) is 90.9 Å². The minimum atomic E-state index is -2.13. The van der Waals surface area contributed by atoms with Gasteiger partial charge in [-0.2, -0.15) is 0 Å². The van der Waals surface area contributed by atoms with Gasteiger partial charge in [-0.3, -0.25) is 14.4 Å². The predicted octanol–water partition coefficient (Wildman–Crippen LogP) is 3.70. The van der Waals surface area contributed by atoms with Crippen LogP contribution in [-0.2, 0) is 19.1 Å². The van der Waals surface area contributed by atoms with Gasteiger partial charge in [0.15, 0.2) is 5.41 Å². The summed E-state index contributed by atoms with van der Waals surface area (Å²) in [4.78, 5) is 36.1. The lowest BCUT2D eigenvalue weighted by atomic mass is 9.92. The van der Waals surface area contributed by atoms with Crippen LogP contribution in [0.2, 0.25) is 0 Å². The van der Waals surface area contributed by atoms with Crippen molar-refractivity contribution in [3.05, 3.63) is 0 Å². The quantitative estimate of drug-likeness (QED) is 0.139. The highest BCUT2D eigenvalue weighted by Crippen LogP contribution is 2.18. The zero-order valence-electron chi connectivity index (χ0n) is 19.4. The number of rotatable bonds is 21. The minimum Gasteiger partial charge on any atom is -0.480 e. The second-order valence-electron chi connectivity index (χ2n) is 8.45. The summed E-state index contributed by atoms with van der Waals surface area (Å²) in [6, 6.07) is 0. The average Bonchev–Trinajstić information content (AvgIpc) is 2.73. The van der Waals surface area contributed by atoms with Gasteiger partial charge in [0.25, 0.3) is 0 Å². The largest absolute Gasteiger partial charge is 0.480 e. The number of aliphatic hydroxyl groups is 1. The second-order valence-corrected chi connectivity index (χ2v) is 8.45. The molecule has 0 fully saturated rings. The minimum absolute atomic E-state index is 0.132. The van der Waals surface area contributed by atoms with Crippen molar-refractivity contribution in [2.75, 3.05) is 32.8 Å². The van der Waals surface area contributed by atoms with Gasteiger partial charge in [0.1, 0.15) is 6.61 Å². The maximum Gasteiger partial charge on any atom is 0.324 e. The molecule has 0 amide bonds. The number of unbranched alkanes of at least 4 members (excludes halogenated alkanes) is 9. The van der Waals surface area contributed by atoms with Crippen LogP contribution in [0, 0.1) is 5.41 Å². The molecule has 0 saturated heterocycles. The fourth-order valence-corrected chi connectivity index (χ4v) is 3.24. The van der Waals surface area contributed by atoms with Gasteiger partial charge in [-0.1, -0.05) is 58.3 Å². The first kappa shape index (κ1) is 29.3. The van der Waals surface area contributed by atoms with Gasteiger partial charge in [0.2, 0.25) is 0 Å². The molecule has 0 aromatic rings. The Hall–Kier alpha value is -1.67. The molecule has 182 valence electrons. The Bertz CT molecular complexity index is 496. The molecule has 0 aliphatic heterocycles. The lowest BCUT2D eigenvalue weighted by molar-refractivity contribution is -0.170. The van der Waals surface area contributed by atoms with E-state index in [2.05, 4.69) is 11.8 Å². The van der Waals surface area contributed by atoms with E-state index in [-0.39, 0.29) is 13.0 Å². The number of aliphatic carboxylic acids is 2. The van der Waals surface area contributed by atoms with Crippen molar-refractivity contribution in [2.24, 2.45) is 5.41 Å². The van der Waals surface area contributed by atoms with E-state index in [1.54, 1.807) is 0 Å². The van der Waals surface area contributed by atoms with Crippen LogP contribution in [0.25, 0.3) is 0 Å². The third-order valence-corrected chi connectivity index (χ3v) is 5.57. The molecule has 0 aromatic carbocycles. The van der Waals surface area contributed by atoms with Crippen molar-refractivity contribution < 1.29 is 34.4 Å². The Balaban J connectivity index is 3.91. The van der Waals surface area contributed by atoms with E-state index < -0.39 is 29.9 Å². The topological polar surface area (TPSA) is 124 Å². The Labute approximate surface area is 187 Å². The molecule has 31 heavy (non-hydrogen) atoms. The summed E-state index contributed by atoms with van der Waals surface area (Å²) in [5, 5.41) is 27.2. The van der Waals surface area contributed by atoms with Crippen LogP contribution in [0.4, 0.5) is 0 Å². The fraction of sp³-hybridized carbons (Fsp3) is 0.870. The number of nitrogens with zero attached hydrogens (tertiary/aromatic N) is 1. The molecule has 0 rings (SSSR count). The number of carbonyl (C=O) groups is 3. The molecule has 0 atom stereocenters. The Kier molecular flexibility index (Phi) is 17.0. The summed E-state index contributed by atoms with van der Waals surface area (Å²) >= 11 is 0. The summed E-state index contributed by atoms with van der Waals surface area (Å²) in [6.45, 7) is 5.19. The maximum atomic E-state index is 11.8. The smallest absolute Gasteiger partial charge is 0.324 e. The van der Waals surface area contributed by atoms with Crippen LogP contribution in [0.3, 0.4) is 0 Å². The van der Waals surface area contributed by atoms with E-state index >= 15 is 0 Å². The number of carbonyl (C=O) groups excluding carboxylic acids is 1. The van der Waals surface area contributed by atoms with Crippen molar-refractivity contribution in [3.8, 4) is 0 Å². The molecule has 0 heterocycles. The predicted molar refractivity (Wildman–Crippen MR) is 119 cm³/mol. The van der Waals surface area contributed by atoms with Crippen molar-refractivity contribution in [1.29, 1.82) is 0 Å². The van der Waals surface area contributed by atoms with E-state index in [1.165, 1.54) is 44.9 Å². The molecule has 0 saturated carbocycles. The number of ether oxygens (including phenoxy) is 1. The van der Waals surface area contributed by atoms with E-state index in [1.807, 2.05) is 0 Å². The van der Waals surface area contributed by atoms with Gasteiger partial charge in [0.05, 0.1) is 6.61 Å². The highest BCUT2D eigenvalue weighted by atomic mass is 16.5. The van der Waals surface area contributed by atoms with Crippen LogP contribution < -0.4 is 0 Å². The number of carboxylic acid groups (broad SMARTS) is 2. The van der Waals surface area contributed by atoms with Crippen molar-refractivity contribution in [1.82, 2.24) is 4.90 Å². The van der Waals surface area contributed by atoms with Gasteiger partial charge in [-0.05, 0) is 39.3 Å². The normalized spacial score (nSPS) is 11.6. The van der Waals surface area contributed by atoms with Crippen LogP contribution >= 0.6 is 0 Å². The number of hydrogen-bond acceptors (Lipinski definition) is 6. The maximum absolute atomic E-state index is 11.8. The van der Waals surface area contributed by atoms with Crippen LogP contribution in [0.15, 0.2) is 0 Å². The number of esters is 1. The molecule has 0 aromatic heterocycles. The number of carboxylic acids is 2. The van der Waals surface area contributed by atoms with Crippen molar-refractivity contribution in [3.63, 3.8) is 0 Å². The lowest BCUT2D eigenvalue weighted by Gasteiger charge is -2.21. The van der Waals surface area contributed by atoms with E-state index in [0.717, 1.165) is 39.3 Å². The SMILES string of the molecule is CCCCCCCCCCN(CCO)CCCCCC(=O)OCC(C)(C(=O)O)C(=O)O. The molecule has 0 unspecified atom stereocenters. The molecular formula is C23H43NO7. The first-order valence-electron chi connectivity index (χ1n) is 11.7. The Morgan fingerprint density at radius 2 is 1.26 bits per heavy atom.